The molecule has 3 amide bonds. The van der Waals surface area contributed by atoms with Crippen LogP contribution in [0.25, 0.3) is 0 Å². The largest absolute Gasteiger partial charge is 0.481 e. The lowest BCUT2D eigenvalue weighted by atomic mass is 10.0. The second kappa shape index (κ2) is 13.9. The minimum Gasteiger partial charge on any atom is -0.481 e. The van der Waals surface area contributed by atoms with Gasteiger partial charge in [0.2, 0.25) is 0 Å². The Labute approximate surface area is 249 Å². The normalized spacial score (nSPS) is 17.5. The highest BCUT2D eigenvalue weighted by atomic mass is 16.5. The van der Waals surface area contributed by atoms with E-state index < -0.39 is 24.0 Å². The van der Waals surface area contributed by atoms with Gasteiger partial charge in [0.15, 0.2) is 0 Å². The number of anilines is 2. The van der Waals surface area contributed by atoms with Crippen molar-refractivity contribution in [1.82, 2.24) is 20.2 Å². The zero-order valence-corrected chi connectivity index (χ0v) is 23.6. The van der Waals surface area contributed by atoms with E-state index in [9.17, 15) is 24.3 Å². The van der Waals surface area contributed by atoms with Crippen LogP contribution in [0, 0.1) is 0 Å². The van der Waals surface area contributed by atoms with Gasteiger partial charge >= 0.3 is 5.97 Å². The van der Waals surface area contributed by atoms with Gasteiger partial charge in [-0.05, 0) is 61.2 Å². The predicted molar refractivity (Wildman–Crippen MR) is 158 cm³/mol. The molecule has 2 saturated heterocycles. The van der Waals surface area contributed by atoms with Crippen LogP contribution >= 0.6 is 0 Å². The van der Waals surface area contributed by atoms with Crippen molar-refractivity contribution < 1.29 is 29.0 Å². The lowest BCUT2D eigenvalue weighted by Crippen LogP contribution is -2.35. The van der Waals surface area contributed by atoms with Crippen LogP contribution in [-0.2, 0) is 14.3 Å². The minimum atomic E-state index is -1.06. The van der Waals surface area contributed by atoms with Gasteiger partial charge in [0.05, 0.1) is 29.4 Å². The molecule has 2 atom stereocenters. The van der Waals surface area contributed by atoms with E-state index in [1.165, 1.54) is 6.20 Å². The molecule has 12 heteroatoms. The van der Waals surface area contributed by atoms with Gasteiger partial charge < -0.3 is 30.3 Å². The summed E-state index contributed by atoms with van der Waals surface area (Å²) in [6, 6.07) is 11.1. The number of rotatable bonds is 9. The number of ether oxygens (including phenoxy) is 1. The van der Waals surface area contributed by atoms with Crippen LogP contribution in [0.2, 0.25) is 0 Å². The van der Waals surface area contributed by atoms with Gasteiger partial charge in [0, 0.05) is 63.1 Å². The van der Waals surface area contributed by atoms with Crippen molar-refractivity contribution in [2.45, 2.75) is 37.8 Å². The number of nitrogens with zero attached hydrogens (tertiary/aromatic N) is 4. The SMILES string of the molecule is O=C(O)CC(NC(=O)c1ccc(N2CCCN(C(=O)c3cccnc3)CC2)c(NC(=O)C2CCCO2)c1)c1cccnc1. The number of aromatic nitrogens is 2. The summed E-state index contributed by atoms with van der Waals surface area (Å²) in [6.45, 7) is 2.70. The molecular weight excluding hydrogens is 552 g/mol. The van der Waals surface area contributed by atoms with E-state index in [-0.39, 0.29) is 23.8 Å². The zero-order valence-electron chi connectivity index (χ0n) is 23.6. The van der Waals surface area contributed by atoms with Crippen molar-refractivity contribution in [3.05, 3.63) is 83.9 Å². The second-order valence-electron chi connectivity index (χ2n) is 10.5. The van der Waals surface area contributed by atoms with Crippen LogP contribution in [0.3, 0.4) is 0 Å². The topological polar surface area (TPSA) is 154 Å². The Bertz CT molecular complexity index is 1450. The fourth-order valence-corrected chi connectivity index (χ4v) is 5.33. The Morgan fingerprint density at radius 2 is 1.77 bits per heavy atom. The van der Waals surface area contributed by atoms with Crippen molar-refractivity contribution in [2.75, 3.05) is 43.0 Å². The summed E-state index contributed by atoms with van der Waals surface area (Å²) in [6.07, 6.45) is 7.49. The van der Waals surface area contributed by atoms with Crippen molar-refractivity contribution in [2.24, 2.45) is 0 Å². The van der Waals surface area contributed by atoms with Gasteiger partial charge in [-0.3, -0.25) is 29.1 Å². The third kappa shape index (κ3) is 7.52. The van der Waals surface area contributed by atoms with Crippen molar-refractivity contribution in [3.8, 4) is 0 Å². The van der Waals surface area contributed by atoms with Gasteiger partial charge in [-0.2, -0.15) is 0 Å². The maximum Gasteiger partial charge on any atom is 0.305 e. The summed E-state index contributed by atoms with van der Waals surface area (Å²) in [5.74, 6) is -1.93. The number of carboxylic acid groups (broad SMARTS) is 1. The predicted octanol–water partition coefficient (Wildman–Crippen LogP) is 2.89. The zero-order chi connectivity index (χ0) is 30.2. The van der Waals surface area contributed by atoms with Crippen LogP contribution in [0.4, 0.5) is 11.4 Å². The maximum absolute atomic E-state index is 13.4. The number of carbonyl (C=O) groups excluding carboxylic acids is 3. The summed E-state index contributed by atoms with van der Waals surface area (Å²) in [5, 5.41) is 15.2. The first-order valence-corrected chi connectivity index (χ1v) is 14.3. The number of aliphatic carboxylic acids is 1. The molecule has 5 rings (SSSR count). The van der Waals surface area contributed by atoms with Gasteiger partial charge in [0.1, 0.15) is 6.10 Å². The Morgan fingerprint density at radius 1 is 0.953 bits per heavy atom. The molecule has 12 nitrogen and oxygen atoms in total. The van der Waals surface area contributed by atoms with E-state index in [0.717, 1.165) is 6.42 Å². The lowest BCUT2D eigenvalue weighted by molar-refractivity contribution is -0.137. The molecule has 2 aliphatic heterocycles. The molecule has 0 bridgehead atoms. The number of carboxylic acids is 1. The van der Waals surface area contributed by atoms with Crippen molar-refractivity contribution in [3.63, 3.8) is 0 Å². The van der Waals surface area contributed by atoms with Crippen molar-refractivity contribution >= 4 is 35.1 Å². The molecule has 0 spiro atoms. The number of pyridine rings is 2. The van der Waals surface area contributed by atoms with E-state index in [1.54, 1.807) is 66.0 Å². The molecule has 2 fully saturated rings. The quantitative estimate of drug-likeness (QED) is 0.343. The van der Waals surface area contributed by atoms with E-state index in [2.05, 4.69) is 25.5 Å². The number of benzene rings is 1. The molecule has 2 unspecified atom stereocenters. The molecule has 0 aliphatic carbocycles. The lowest BCUT2D eigenvalue weighted by Gasteiger charge is -2.27. The molecule has 4 heterocycles. The summed E-state index contributed by atoms with van der Waals surface area (Å²) in [7, 11) is 0. The molecule has 224 valence electrons. The van der Waals surface area contributed by atoms with E-state index in [4.69, 9.17) is 4.74 Å². The van der Waals surface area contributed by atoms with Crippen LogP contribution in [-0.4, -0.2) is 82.6 Å². The highest BCUT2D eigenvalue weighted by Crippen LogP contribution is 2.30. The van der Waals surface area contributed by atoms with Gasteiger partial charge in [-0.25, -0.2) is 0 Å². The van der Waals surface area contributed by atoms with Gasteiger partial charge in [-0.15, -0.1) is 0 Å². The maximum atomic E-state index is 13.4. The van der Waals surface area contributed by atoms with E-state index >= 15 is 0 Å². The standard InChI is InChI=1S/C31H34N6O6/c38-28(39)18-24(22-5-1-10-32-19-22)34-29(40)21-8-9-26(25(17-21)35-30(41)27-7-3-16-43-27)36-12-4-13-37(15-14-36)31(42)23-6-2-11-33-20-23/h1-2,5-6,8-11,17,19-20,24,27H,3-4,7,12-16,18H2,(H,34,40)(H,35,41)(H,38,39). The fourth-order valence-electron chi connectivity index (χ4n) is 5.33. The molecule has 2 aliphatic rings. The Morgan fingerprint density at radius 3 is 2.47 bits per heavy atom. The van der Waals surface area contributed by atoms with Gasteiger partial charge in [-0.1, -0.05) is 6.07 Å². The van der Waals surface area contributed by atoms with E-state index in [0.29, 0.717) is 68.1 Å². The molecule has 0 saturated carbocycles. The molecular formula is C31H34N6O6. The number of amides is 3. The summed E-state index contributed by atoms with van der Waals surface area (Å²) < 4.78 is 5.58. The highest BCUT2D eigenvalue weighted by Gasteiger charge is 2.27. The summed E-state index contributed by atoms with van der Waals surface area (Å²) in [5.41, 5.74) is 2.51. The summed E-state index contributed by atoms with van der Waals surface area (Å²) in [4.78, 5) is 63.0. The number of hydrogen-bond donors (Lipinski definition) is 3. The third-order valence-electron chi connectivity index (χ3n) is 7.54. The average Bonchev–Trinajstić information content (AvgIpc) is 3.46. The first kappa shape index (κ1) is 29.6. The smallest absolute Gasteiger partial charge is 0.305 e. The average molecular weight is 587 g/mol. The Hall–Kier alpha value is -4.84. The third-order valence-corrected chi connectivity index (χ3v) is 7.54. The second-order valence-corrected chi connectivity index (χ2v) is 10.5. The van der Waals surface area contributed by atoms with Crippen molar-refractivity contribution in [1.29, 1.82) is 0 Å². The number of nitrogens with one attached hydrogen (secondary N) is 2. The molecule has 2 aromatic heterocycles. The van der Waals surface area contributed by atoms with Crippen LogP contribution in [0.15, 0.2) is 67.3 Å². The molecule has 1 aromatic carbocycles. The first-order valence-electron chi connectivity index (χ1n) is 14.3. The molecule has 3 N–H and O–H groups in total. The molecule has 0 radical (unpaired) electrons. The Balaban J connectivity index is 1.37. The summed E-state index contributed by atoms with van der Waals surface area (Å²) >= 11 is 0. The number of carbonyl (C=O) groups is 4. The molecule has 3 aromatic rings. The minimum absolute atomic E-state index is 0.0848. The number of hydrogen-bond acceptors (Lipinski definition) is 8. The molecule has 43 heavy (non-hydrogen) atoms. The first-order chi connectivity index (χ1) is 20.9. The Kier molecular flexibility index (Phi) is 9.57. The fraction of sp³-hybridized carbons (Fsp3) is 0.355. The monoisotopic (exact) mass is 586 g/mol. The van der Waals surface area contributed by atoms with Gasteiger partial charge in [0.25, 0.3) is 17.7 Å². The van der Waals surface area contributed by atoms with Crippen LogP contribution in [0.5, 0.6) is 0 Å². The highest BCUT2D eigenvalue weighted by molar-refractivity contribution is 6.01. The van der Waals surface area contributed by atoms with Crippen LogP contribution < -0.4 is 15.5 Å². The van der Waals surface area contributed by atoms with E-state index in [1.807, 2.05) is 0 Å². The van der Waals surface area contributed by atoms with Crippen LogP contribution in [0.1, 0.15) is 58.0 Å².